The lowest BCUT2D eigenvalue weighted by atomic mass is 9.59. The summed E-state index contributed by atoms with van der Waals surface area (Å²) >= 11 is 0. The molecule has 0 saturated heterocycles. The molecule has 0 amide bonds. The van der Waals surface area contributed by atoms with E-state index in [4.69, 9.17) is 5.73 Å². The molecule has 3 N–H and O–H groups in total. The summed E-state index contributed by atoms with van der Waals surface area (Å²) in [5.41, 5.74) is 6.29. The van der Waals surface area contributed by atoms with E-state index in [2.05, 4.69) is 20.8 Å². The molecule has 0 heterocycles. The topological polar surface area (TPSA) is 46.2 Å². The molecule has 1 aliphatic carbocycles. The van der Waals surface area contributed by atoms with Crippen molar-refractivity contribution in [2.24, 2.45) is 17.1 Å². The predicted molar refractivity (Wildman–Crippen MR) is 60.0 cm³/mol. The SMILES string of the molecule is CC1CCCC(CCO)(C(C)(C)N)C1. The minimum Gasteiger partial charge on any atom is -0.396 e. The fourth-order valence-corrected chi connectivity index (χ4v) is 3.01. The maximum Gasteiger partial charge on any atom is 0.0437 e. The van der Waals surface area contributed by atoms with Crippen LogP contribution in [0.1, 0.15) is 52.9 Å². The highest BCUT2D eigenvalue weighted by Gasteiger charge is 2.44. The molecule has 84 valence electrons. The van der Waals surface area contributed by atoms with Gasteiger partial charge < -0.3 is 10.8 Å². The normalized spacial score (nSPS) is 34.5. The van der Waals surface area contributed by atoms with Gasteiger partial charge in [0, 0.05) is 12.1 Å². The Morgan fingerprint density at radius 1 is 1.50 bits per heavy atom. The molecule has 0 aromatic rings. The Balaban J connectivity index is 2.80. The van der Waals surface area contributed by atoms with Gasteiger partial charge in [0.2, 0.25) is 0 Å². The van der Waals surface area contributed by atoms with Crippen LogP contribution in [-0.2, 0) is 0 Å². The minimum atomic E-state index is -0.162. The molecule has 2 nitrogen and oxygen atoms in total. The summed E-state index contributed by atoms with van der Waals surface area (Å²) in [5.74, 6) is 0.762. The zero-order valence-electron chi connectivity index (χ0n) is 9.84. The first kappa shape index (κ1) is 12.0. The van der Waals surface area contributed by atoms with Gasteiger partial charge >= 0.3 is 0 Å². The molecule has 0 aromatic carbocycles. The highest BCUT2D eigenvalue weighted by atomic mass is 16.3. The Morgan fingerprint density at radius 2 is 2.14 bits per heavy atom. The number of hydrogen-bond acceptors (Lipinski definition) is 2. The summed E-state index contributed by atoms with van der Waals surface area (Å²) in [7, 11) is 0. The standard InChI is InChI=1S/C12H25NO/c1-10-5-4-6-12(9-10,7-8-14)11(2,3)13/h10,14H,4-9,13H2,1-3H3. The highest BCUT2D eigenvalue weighted by molar-refractivity contribution is 4.99. The molecule has 2 heteroatoms. The van der Waals surface area contributed by atoms with Gasteiger partial charge in [-0.15, -0.1) is 0 Å². The third-order valence-corrected chi connectivity index (χ3v) is 4.05. The first-order valence-corrected chi connectivity index (χ1v) is 5.81. The van der Waals surface area contributed by atoms with Crippen LogP contribution in [0.25, 0.3) is 0 Å². The van der Waals surface area contributed by atoms with Gasteiger partial charge in [0.1, 0.15) is 0 Å². The van der Waals surface area contributed by atoms with Gasteiger partial charge in [-0.1, -0.05) is 19.8 Å². The van der Waals surface area contributed by atoms with Crippen LogP contribution in [-0.4, -0.2) is 17.3 Å². The van der Waals surface area contributed by atoms with E-state index in [0.29, 0.717) is 0 Å². The summed E-state index contributed by atoms with van der Waals surface area (Å²) in [6.07, 6.45) is 5.81. The lowest BCUT2D eigenvalue weighted by molar-refractivity contribution is 0.0352. The van der Waals surface area contributed by atoms with Gasteiger partial charge in [0.25, 0.3) is 0 Å². The van der Waals surface area contributed by atoms with E-state index < -0.39 is 0 Å². The van der Waals surface area contributed by atoms with Crippen molar-refractivity contribution in [3.63, 3.8) is 0 Å². The van der Waals surface area contributed by atoms with E-state index in [1.165, 1.54) is 25.7 Å². The summed E-state index contributed by atoms with van der Waals surface area (Å²) in [5, 5.41) is 9.18. The molecule has 1 aliphatic rings. The van der Waals surface area contributed by atoms with Crippen LogP contribution in [0.3, 0.4) is 0 Å². The Kier molecular flexibility index (Phi) is 3.59. The lowest BCUT2D eigenvalue weighted by Gasteiger charge is -2.49. The van der Waals surface area contributed by atoms with Gasteiger partial charge in [-0.2, -0.15) is 0 Å². The summed E-state index contributed by atoms with van der Waals surface area (Å²) in [6.45, 7) is 6.80. The van der Waals surface area contributed by atoms with Gasteiger partial charge in [-0.05, 0) is 44.4 Å². The van der Waals surface area contributed by atoms with Crippen molar-refractivity contribution < 1.29 is 5.11 Å². The maximum absolute atomic E-state index is 9.18. The highest BCUT2D eigenvalue weighted by Crippen LogP contribution is 2.48. The van der Waals surface area contributed by atoms with Crippen molar-refractivity contribution >= 4 is 0 Å². The Hall–Kier alpha value is -0.0800. The predicted octanol–water partition coefficient (Wildman–Crippen LogP) is 2.30. The number of hydrogen-bond donors (Lipinski definition) is 2. The van der Waals surface area contributed by atoms with Crippen molar-refractivity contribution in [1.29, 1.82) is 0 Å². The van der Waals surface area contributed by atoms with Gasteiger partial charge in [-0.25, -0.2) is 0 Å². The van der Waals surface area contributed by atoms with E-state index in [9.17, 15) is 5.11 Å². The van der Waals surface area contributed by atoms with Crippen LogP contribution in [0, 0.1) is 11.3 Å². The zero-order chi connectivity index (χ0) is 10.8. The van der Waals surface area contributed by atoms with Gasteiger partial charge in [-0.3, -0.25) is 0 Å². The number of aliphatic hydroxyl groups is 1. The molecule has 0 bridgehead atoms. The molecule has 2 atom stereocenters. The van der Waals surface area contributed by atoms with E-state index in [0.717, 1.165) is 12.3 Å². The van der Waals surface area contributed by atoms with Crippen molar-refractivity contribution in [2.45, 2.75) is 58.4 Å². The number of nitrogens with two attached hydrogens (primary N) is 1. The van der Waals surface area contributed by atoms with Crippen molar-refractivity contribution in [1.82, 2.24) is 0 Å². The van der Waals surface area contributed by atoms with E-state index in [1.807, 2.05) is 0 Å². The number of rotatable bonds is 3. The van der Waals surface area contributed by atoms with E-state index >= 15 is 0 Å². The first-order valence-electron chi connectivity index (χ1n) is 5.81. The van der Waals surface area contributed by atoms with E-state index in [1.54, 1.807) is 0 Å². The van der Waals surface area contributed by atoms with E-state index in [-0.39, 0.29) is 17.6 Å². The van der Waals surface area contributed by atoms with Crippen molar-refractivity contribution in [3.05, 3.63) is 0 Å². The molecule has 0 spiro atoms. The average molecular weight is 199 g/mol. The second-order valence-electron chi connectivity index (χ2n) is 5.68. The molecule has 1 saturated carbocycles. The van der Waals surface area contributed by atoms with Gasteiger partial charge in [0.15, 0.2) is 0 Å². The largest absolute Gasteiger partial charge is 0.396 e. The third kappa shape index (κ3) is 2.29. The van der Waals surface area contributed by atoms with Crippen LogP contribution in [0.15, 0.2) is 0 Å². The van der Waals surface area contributed by atoms with Crippen LogP contribution in [0.2, 0.25) is 0 Å². The summed E-state index contributed by atoms with van der Waals surface area (Å²) in [6, 6.07) is 0. The fourth-order valence-electron chi connectivity index (χ4n) is 3.01. The maximum atomic E-state index is 9.18. The quantitative estimate of drug-likeness (QED) is 0.732. The smallest absolute Gasteiger partial charge is 0.0437 e. The second kappa shape index (κ2) is 4.19. The molecule has 14 heavy (non-hydrogen) atoms. The number of aliphatic hydroxyl groups excluding tert-OH is 1. The van der Waals surface area contributed by atoms with Crippen LogP contribution < -0.4 is 5.73 Å². The minimum absolute atomic E-state index is 0.162. The molecule has 0 radical (unpaired) electrons. The molecule has 1 rings (SSSR count). The van der Waals surface area contributed by atoms with Crippen LogP contribution in [0.4, 0.5) is 0 Å². The molecule has 2 unspecified atom stereocenters. The van der Waals surface area contributed by atoms with Crippen molar-refractivity contribution in [2.75, 3.05) is 6.61 Å². The molecule has 0 aliphatic heterocycles. The van der Waals surface area contributed by atoms with Gasteiger partial charge in [0.05, 0.1) is 0 Å². The Bertz CT molecular complexity index is 181. The van der Waals surface area contributed by atoms with Crippen LogP contribution >= 0.6 is 0 Å². The molecular weight excluding hydrogens is 174 g/mol. The van der Waals surface area contributed by atoms with Crippen LogP contribution in [0.5, 0.6) is 0 Å². The summed E-state index contributed by atoms with van der Waals surface area (Å²) in [4.78, 5) is 0. The average Bonchev–Trinajstić information content (AvgIpc) is 2.02. The Morgan fingerprint density at radius 3 is 2.57 bits per heavy atom. The lowest BCUT2D eigenvalue weighted by Crippen LogP contribution is -2.53. The van der Waals surface area contributed by atoms with Crippen molar-refractivity contribution in [3.8, 4) is 0 Å². The Labute approximate surface area is 87.9 Å². The molecule has 1 fully saturated rings. The second-order valence-corrected chi connectivity index (χ2v) is 5.68. The monoisotopic (exact) mass is 199 g/mol. The summed E-state index contributed by atoms with van der Waals surface area (Å²) < 4.78 is 0. The third-order valence-electron chi connectivity index (χ3n) is 4.05. The zero-order valence-corrected chi connectivity index (χ0v) is 9.84. The first-order chi connectivity index (χ1) is 6.41. The molecular formula is C12H25NO. The fraction of sp³-hybridized carbons (Fsp3) is 1.00. The molecule has 0 aromatic heterocycles.